The van der Waals surface area contributed by atoms with Gasteiger partial charge in [0.2, 0.25) is 0 Å². The highest BCUT2D eigenvalue weighted by Gasteiger charge is 2.46. The first kappa shape index (κ1) is 24.9. The van der Waals surface area contributed by atoms with Crippen LogP contribution in [-0.2, 0) is 14.3 Å². The summed E-state index contributed by atoms with van der Waals surface area (Å²) in [7, 11) is 0. The molecule has 35 heavy (non-hydrogen) atoms. The van der Waals surface area contributed by atoms with Crippen LogP contribution in [0.3, 0.4) is 0 Å². The maximum Gasteiger partial charge on any atom is 0.295 e. The minimum Gasteiger partial charge on any atom is -0.507 e. The van der Waals surface area contributed by atoms with Crippen molar-refractivity contribution in [2.24, 2.45) is 0 Å². The van der Waals surface area contributed by atoms with E-state index in [1.807, 2.05) is 13.8 Å². The van der Waals surface area contributed by atoms with Crippen LogP contribution >= 0.6 is 0 Å². The van der Waals surface area contributed by atoms with Crippen molar-refractivity contribution in [2.75, 3.05) is 46.0 Å². The van der Waals surface area contributed by atoms with Gasteiger partial charge in [0.15, 0.2) is 0 Å². The number of benzene rings is 2. The van der Waals surface area contributed by atoms with Crippen LogP contribution in [0.15, 0.2) is 48.0 Å². The zero-order valence-electron chi connectivity index (χ0n) is 20.2. The van der Waals surface area contributed by atoms with E-state index in [-0.39, 0.29) is 11.3 Å². The van der Waals surface area contributed by atoms with Crippen molar-refractivity contribution in [2.45, 2.75) is 26.3 Å². The number of rotatable bonds is 8. The Hall–Kier alpha value is -3.23. The summed E-state index contributed by atoms with van der Waals surface area (Å²) in [5, 5.41) is 11.2. The van der Waals surface area contributed by atoms with E-state index in [2.05, 4.69) is 0 Å². The average Bonchev–Trinajstić information content (AvgIpc) is 3.11. The van der Waals surface area contributed by atoms with E-state index in [0.717, 1.165) is 38.4 Å². The van der Waals surface area contributed by atoms with Crippen LogP contribution in [0.2, 0.25) is 0 Å². The molecule has 4 rings (SSSR count). The Balaban J connectivity index is 1.67. The smallest absolute Gasteiger partial charge is 0.295 e. The number of hydrogen-bond donors (Lipinski definition) is 2. The van der Waals surface area contributed by atoms with Gasteiger partial charge in [0.1, 0.15) is 30.4 Å². The molecule has 0 unspecified atom stereocenters. The second-order valence-corrected chi connectivity index (χ2v) is 8.92. The molecule has 2 aromatic rings. The number of nitrogens with one attached hydrogen (secondary N) is 1. The van der Waals surface area contributed by atoms with E-state index in [4.69, 9.17) is 9.47 Å². The molecule has 0 spiro atoms. The first-order chi connectivity index (χ1) is 16.9. The Morgan fingerprint density at radius 3 is 2.54 bits per heavy atom. The highest BCUT2D eigenvalue weighted by molar-refractivity contribution is 6.46. The third-order valence-electron chi connectivity index (χ3n) is 6.60. The highest BCUT2D eigenvalue weighted by Crippen LogP contribution is 2.39. The number of hydrogen-bond acceptors (Lipinski definition) is 5. The SMILES string of the molecule is CCOc1ccc(C(O)=C2C(=O)C(=O)N(CCC[NH+]3CCOCC3)[C@@H]2c2ccc(F)cc2)cc1C. The normalized spacial score (nSPS) is 20.4. The number of aliphatic hydroxyl groups excluding tert-OH is 1. The Bertz CT molecular complexity index is 1110. The maximum absolute atomic E-state index is 13.7. The summed E-state index contributed by atoms with van der Waals surface area (Å²) in [4.78, 5) is 29.2. The van der Waals surface area contributed by atoms with Crippen LogP contribution in [0.5, 0.6) is 5.75 Å². The lowest BCUT2D eigenvalue weighted by molar-refractivity contribution is -0.908. The molecule has 2 aromatic carbocycles. The zero-order chi connectivity index (χ0) is 24.9. The molecule has 0 radical (unpaired) electrons. The molecule has 1 amide bonds. The second-order valence-electron chi connectivity index (χ2n) is 8.92. The van der Waals surface area contributed by atoms with Crippen molar-refractivity contribution >= 4 is 17.4 Å². The highest BCUT2D eigenvalue weighted by atomic mass is 19.1. The van der Waals surface area contributed by atoms with Crippen molar-refractivity contribution < 1.29 is 33.5 Å². The van der Waals surface area contributed by atoms with Crippen molar-refractivity contribution in [3.63, 3.8) is 0 Å². The summed E-state index contributed by atoms with van der Waals surface area (Å²) in [6.07, 6.45) is 0.697. The molecule has 0 aromatic heterocycles. The van der Waals surface area contributed by atoms with Crippen molar-refractivity contribution in [3.8, 4) is 5.75 Å². The van der Waals surface area contributed by atoms with Gasteiger partial charge in [-0.15, -0.1) is 0 Å². The minimum atomic E-state index is -0.790. The van der Waals surface area contributed by atoms with Crippen molar-refractivity contribution in [1.29, 1.82) is 0 Å². The number of carbonyl (C=O) groups excluding carboxylic acids is 2. The van der Waals surface area contributed by atoms with Gasteiger partial charge >= 0.3 is 0 Å². The van der Waals surface area contributed by atoms with Crippen molar-refractivity contribution in [1.82, 2.24) is 4.90 Å². The number of quaternary nitrogens is 1. The van der Waals surface area contributed by atoms with Gasteiger partial charge in [-0.2, -0.15) is 0 Å². The minimum absolute atomic E-state index is 0.0175. The van der Waals surface area contributed by atoms with E-state index in [9.17, 15) is 19.1 Å². The molecule has 0 saturated carbocycles. The van der Waals surface area contributed by atoms with E-state index in [1.165, 1.54) is 21.9 Å². The Morgan fingerprint density at radius 1 is 1.17 bits per heavy atom. The van der Waals surface area contributed by atoms with Crippen LogP contribution in [0.25, 0.3) is 5.76 Å². The van der Waals surface area contributed by atoms with Gasteiger partial charge in [-0.25, -0.2) is 4.39 Å². The molecule has 0 bridgehead atoms. The summed E-state index contributed by atoms with van der Waals surface area (Å²) < 4.78 is 24.6. The molecule has 1 atom stereocenters. The number of carbonyl (C=O) groups is 2. The average molecular weight is 484 g/mol. The summed E-state index contributed by atoms with van der Waals surface area (Å²) in [5.74, 6) is -1.36. The van der Waals surface area contributed by atoms with E-state index >= 15 is 0 Å². The van der Waals surface area contributed by atoms with Crippen LogP contribution in [0, 0.1) is 12.7 Å². The summed E-state index contributed by atoms with van der Waals surface area (Å²) in [5.41, 5.74) is 1.82. The number of amides is 1. The van der Waals surface area contributed by atoms with Gasteiger partial charge in [-0.1, -0.05) is 12.1 Å². The molecule has 2 saturated heterocycles. The van der Waals surface area contributed by atoms with Gasteiger partial charge in [0, 0.05) is 18.5 Å². The number of morpholine rings is 1. The van der Waals surface area contributed by atoms with E-state index in [1.54, 1.807) is 30.3 Å². The molecule has 7 nitrogen and oxygen atoms in total. The molecule has 2 fully saturated rings. The van der Waals surface area contributed by atoms with Crippen LogP contribution in [-0.4, -0.2) is 67.7 Å². The van der Waals surface area contributed by atoms with Gasteiger partial charge in [-0.05, 0) is 55.3 Å². The summed E-state index contributed by atoms with van der Waals surface area (Å²) >= 11 is 0. The van der Waals surface area contributed by atoms with Gasteiger partial charge in [0.25, 0.3) is 11.7 Å². The fraction of sp³-hybridized carbons (Fsp3) is 0.407. The van der Waals surface area contributed by atoms with Crippen LogP contribution in [0.1, 0.15) is 36.1 Å². The largest absolute Gasteiger partial charge is 0.507 e. The van der Waals surface area contributed by atoms with Crippen molar-refractivity contribution in [3.05, 3.63) is 70.5 Å². The van der Waals surface area contributed by atoms with Gasteiger partial charge in [-0.3, -0.25) is 9.59 Å². The lowest BCUT2D eigenvalue weighted by atomic mass is 9.94. The monoisotopic (exact) mass is 483 g/mol. The Labute approximate surface area is 204 Å². The fourth-order valence-corrected chi connectivity index (χ4v) is 4.78. The number of halogens is 1. The van der Waals surface area contributed by atoms with Gasteiger partial charge < -0.3 is 24.4 Å². The molecular weight excluding hydrogens is 451 g/mol. The third-order valence-corrected chi connectivity index (χ3v) is 6.60. The maximum atomic E-state index is 13.7. The molecular formula is C27H32FN2O5+. The number of likely N-dealkylation sites (tertiary alicyclic amines) is 1. The molecule has 2 aliphatic heterocycles. The molecule has 0 aliphatic carbocycles. The first-order valence-electron chi connectivity index (χ1n) is 12.1. The zero-order valence-corrected chi connectivity index (χ0v) is 20.2. The number of aryl methyl sites for hydroxylation is 1. The number of ether oxygens (including phenoxy) is 2. The Kier molecular flexibility index (Phi) is 7.83. The number of aliphatic hydroxyl groups is 1. The lowest BCUT2D eigenvalue weighted by Gasteiger charge is -2.27. The molecule has 2 N–H and O–H groups in total. The lowest BCUT2D eigenvalue weighted by Crippen LogP contribution is -3.14. The first-order valence-corrected chi connectivity index (χ1v) is 12.1. The van der Waals surface area contributed by atoms with E-state index < -0.39 is 23.5 Å². The number of Topliss-reactive ketones (excluding diaryl/α,β-unsaturated/α-hetero) is 1. The molecule has 2 heterocycles. The number of nitrogens with zero attached hydrogens (tertiary/aromatic N) is 1. The molecule has 2 aliphatic rings. The summed E-state index contributed by atoms with van der Waals surface area (Å²) in [6.45, 7) is 8.72. The predicted octanol–water partition coefficient (Wildman–Crippen LogP) is 2.26. The van der Waals surface area contributed by atoms with Gasteiger partial charge in [0.05, 0.1) is 38.0 Å². The fourth-order valence-electron chi connectivity index (χ4n) is 4.78. The van der Waals surface area contributed by atoms with Crippen LogP contribution < -0.4 is 9.64 Å². The Morgan fingerprint density at radius 2 is 1.89 bits per heavy atom. The molecule has 8 heteroatoms. The second kappa shape index (κ2) is 11.0. The number of ketones is 1. The predicted molar refractivity (Wildman–Crippen MR) is 129 cm³/mol. The third kappa shape index (κ3) is 5.39. The summed E-state index contributed by atoms with van der Waals surface area (Å²) in [6, 6.07) is 10.1. The van der Waals surface area contributed by atoms with E-state index in [0.29, 0.717) is 36.4 Å². The topological polar surface area (TPSA) is 80.5 Å². The quantitative estimate of drug-likeness (QED) is 0.342. The molecule has 186 valence electrons. The standard InChI is InChI=1S/C27H31FN2O5/c1-3-35-22-10-7-20(17-18(22)2)25(31)23-24(19-5-8-21(28)9-6-19)30(27(33)26(23)32)12-4-11-29-13-15-34-16-14-29/h5-10,17,24,31H,3-4,11-16H2,1-2H3/p+1/t24-/m1/s1. The van der Waals surface area contributed by atoms with Crippen LogP contribution in [0.4, 0.5) is 4.39 Å².